The van der Waals surface area contributed by atoms with E-state index in [-0.39, 0.29) is 23.1 Å². The maximum absolute atomic E-state index is 12.4. The van der Waals surface area contributed by atoms with Crippen molar-refractivity contribution >= 4 is 27.8 Å². The Balaban J connectivity index is 1.70. The number of aryl methyl sites for hydroxylation is 1. The summed E-state index contributed by atoms with van der Waals surface area (Å²) in [6, 6.07) is 7.70. The lowest BCUT2D eigenvalue weighted by Crippen LogP contribution is -2.39. The van der Waals surface area contributed by atoms with Crippen LogP contribution in [0.5, 0.6) is 0 Å². The van der Waals surface area contributed by atoms with Crippen LogP contribution in [0.2, 0.25) is 0 Å². The van der Waals surface area contributed by atoms with Gasteiger partial charge in [0, 0.05) is 4.47 Å². The molecule has 0 bridgehead atoms. The normalized spacial score (nSPS) is 15.2. The Hall–Kier alpha value is -2.22. The van der Waals surface area contributed by atoms with Crippen LogP contribution in [0, 0.1) is 6.92 Å². The molecule has 0 aliphatic heterocycles. The standard InChI is InChI=1S/C14H14BrN5O2/c1-8-11(21)16-13(19-17-8)20-18-12(22)14(6-7-14)9-2-4-10(15)5-3-9/h2-5H,6-7H2,1H3,(H,18,22)(H2,16,19,20,21). The number of hydrogen-bond donors (Lipinski definition) is 3. The molecule has 0 spiro atoms. The molecule has 1 aromatic heterocycles. The Morgan fingerprint density at radius 3 is 2.55 bits per heavy atom. The van der Waals surface area contributed by atoms with Gasteiger partial charge in [0.2, 0.25) is 11.9 Å². The first-order valence-corrected chi connectivity index (χ1v) is 7.57. The van der Waals surface area contributed by atoms with Crippen LogP contribution in [-0.4, -0.2) is 21.1 Å². The number of H-pyrrole nitrogens is 1. The van der Waals surface area contributed by atoms with Gasteiger partial charge in [0.25, 0.3) is 5.56 Å². The monoisotopic (exact) mass is 363 g/mol. The number of carbonyl (C=O) groups is 1. The molecule has 1 aromatic carbocycles. The van der Waals surface area contributed by atoms with Crippen molar-refractivity contribution in [1.82, 2.24) is 20.6 Å². The molecule has 7 nitrogen and oxygen atoms in total. The van der Waals surface area contributed by atoms with Crippen LogP contribution < -0.4 is 16.4 Å². The first kappa shape index (κ1) is 14.7. The van der Waals surface area contributed by atoms with E-state index in [2.05, 4.69) is 42.0 Å². The lowest BCUT2D eigenvalue weighted by atomic mass is 9.95. The van der Waals surface area contributed by atoms with E-state index in [0.717, 1.165) is 22.9 Å². The van der Waals surface area contributed by atoms with E-state index in [4.69, 9.17) is 0 Å². The molecule has 8 heteroatoms. The molecule has 2 aromatic rings. The SMILES string of the molecule is Cc1nnc(NNC(=O)C2(c3ccc(Br)cc3)CC2)[nH]c1=O. The topological polar surface area (TPSA) is 99.8 Å². The van der Waals surface area contributed by atoms with Gasteiger partial charge >= 0.3 is 0 Å². The zero-order chi connectivity index (χ0) is 15.7. The van der Waals surface area contributed by atoms with Crippen molar-refractivity contribution in [3.8, 4) is 0 Å². The molecule has 3 rings (SSSR count). The highest BCUT2D eigenvalue weighted by Crippen LogP contribution is 2.48. The minimum atomic E-state index is -0.508. The average molecular weight is 364 g/mol. The fourth-order valence-electron chi connectivity index (χ4n) is 2.23. The van der Waals surface area contributed by atoms with Crippen molar-refractivity contribution < 1.29 is 4.79 Å². The van der Waals surface area contributed by atoms with Gasteiger partial charge in [-0.15, -0.1) is 10.2 Å². The lowest BCUT2D eigenvalue weighted by molar-refractivity contribution is -0.123. The Kier molecular flexibility index (Phi) is 3.69. The van der Waals surface area contributed by atoms with Gasteiger partial charge in [0.05, 0.1) is 5.41 Å². The molecule has 22 heavy (non-hydrogen) atoms. The summed E-state index contributed by atoms with van der Waals surface area (Å²) in [5.41, 5.74) is 5.58. The fraction of sp³-hybridized carbons (Fsp3) is 0.286. The second-order valence-corrected chi connectivity index (χ2v) is 6.17. The first-order chi connectivity index (χ1) is 10.5. The zero-order valence-corrected chi connectivity index (χ0v) is 13.4. The summed E-state index contributed by atoms with van der Waals surface area (Å²) >= 11 is 3.38. The number of carbonyl (C=O) groups excluding carboxylic acids is 1. The highest BCUT2D eigenvalue weighted by atomic mass is 79.9. The van der Waals surface area contributed by atoms with E-state index in [1.807, 2.05) is 24.3 Å². The summed E-state index contributed by atoms with van der Waals surface area (Å²) in [5.74, 6) is -0.0476. The number of rotatable bonds is 4. The van der Waals surface area contributed by atoms with E-state index in [1.165, 1.54) is 0 Å². The molecule has 1 aliphatic rings. The molecule has 0 radical (unpaired) electrons. The maximum atomic E-state index is 12.4. The number of halogens is 1. The molecule has 1 fully saturated rings. The van der Waals surface area contributed by atoms with Crippen molar-refractivity contribution in [2.24, 2.45) is 0 Å². The van der Waals surface area contributed by atoms with Crippen LogP contribution >= 0.6 is 15.9 Å². The number of nitrogens with one attached hydrogen (secondary N) is 3. The predicted octanol–water partition coefficient (Wildman–Crippen LogP) is 1.41. The van der Waals surface area contributed by atoms with Crippen LogP contribution in [0.4, 0.5) is 5.95 Å². The molecule has 3 N–H and O–H groups in total. The first-order valence-electron chi connectivity index (χ1n) is 6.77. The Bertz CT molecular complexity index is 768. The van der Waals surface area contributed by atoms with Crippen molar-refractivity contribution in [3.05, 3.63) is 50.3 Å². The maximum Gasteiger partial charge on any atom is 0.274 e. The number of benzene rings is 1. The van der Waals surface area contributed by atoms with Crippen LogP contribution in [-0.2, 0) is 10.2 Å². The number of hydrazine groups is 1. The highest BCUT2D eigenvalue weighted by Gasteiger charge is 2.51. The molecular weight excluding hydrogens is 350 g/mol. The van der Waals surface area contributed by atoms with Crippen molar-refractivity contribution in [2.45, 2.75) is 25.2 Å². The summed E-state index contributed by atoms with van der Waals surface area (Å²) in [5, 5.41) is 7.45. The molecule has 0 atom stereocenters. The van der Waals surface area contributed by atoms with Gasteiger partial charge in [0.1, 0.15) is 5.69 Å². The van der Waals surface area contributed by atoms with Crippen LogP contribution in [0.1, 0.15) is 24.1 Å². The molecule has 1 saturated carbocycles. The molecule has 114 valence electrons. The summed E-state index contributed by atoms with van der Waals surface area (Å²) in [4.78, 5) is 26.3. The van der Waals surface area contributed by atoms with E-state index in [9.17, 15) is 9.59 Å². The fourth-order valence-corrected chi connectivity index (χ4v) is 2.49. The average Bonchev–Trinajstić information content (AvgIpc) is 3.30. The third-order valence-corrected chi connectivity index (χ3v) is 4.27. The summed E-state index contributed by atoms with van der Waals surface area (Å²) < 4.78 is 0.970. The second-order valence-electron chi connectivity index (χ2n) is 5.26. The zero-order valence-electron chi connectivity index (χ0n) is 11.8. The number of amides is 1. The Labute approximate surface area is 134 Å². The summed E-state index contributed by atoms with van der Waals surface area (Å²) in [6.07, 6.45) is 1.58. The lowest BCUT2D eigenvalue weighted by Gasteiger charge is -2.16. The van der Waals surface area contributed by atoms with E-state index >= 15 is 0 Å². The van der Waals surface area contributed by atoms with Gasteiger partial charge in [0.15, 0.2) is 0 Å². The minimum absolute atomic E-state index is 0.107. The Morgan fingerprint density at radius 1 is 1.27 bits per heavy atom. The van der Waals surface area contributed by atoms with Crippen molar-refractivity contribution in [2.75, 3.05) is 5.43 Å². The summed E-state index contributed by atoms with van der Waals surface area (Å²) in [7, 11) is 0. The van der Waals surface area contributed by atoms with Crippen LogP contribution in [0.3, 0.4) is 0 Å². The molecule has 0 saturated heterocycles. The number of aromatic amines is 1. The van der Waals surface area contributed by atoms with Gasteiger partial charge in [-0.05, 0) is 37.5 Å². The van der Waals surface area contributed by atoms with Gasteiger partial charge in [-0.2, -0.15) is 0 Å². The van der Waals surface area contributed by atoms with E-state index < -0.39 is 5.41 Å². The number of aromatic nitrogens is 3. The third kappa shape index (κ3) is 2.74. The molecular formula is C14H14BrN5O2. The van der Waals surface area contributed by atoms with Gasteiger partial charge in [-0.3, -0.25) is 25.4 Å². The van der Waals surface area contributed by atoms with Crippen LogP contribution in [0.15, 0.2) is 33.5 Å². The largest absolute Gasteiger partial charge is 0.288 e. The highest BCUT2D eigenvalue weighted by molar-refractivity contribution is 9.10. The summed E-state index contributed by atoms with van der Waals surface area (Å²) in [6.45, 7) is 1.56. The number of nitrogens with zero attached hydrogens (tertiary/aromatic N) is 2. The van der Waals surface area contributed by atoms with Crippen molar-refractivity contribution in [1.29, 1.82) is 0 Å². The van der Waals surface area contributed by atoms with Gasteiger partial charge in [-0.25, -0.2) is 0 Å². The van der Waals surface area contributed by atoms with Gasteiger partial charge < -0.3 is 0 Å². The van der Waals surface area contributed by atoms with Crippen molar-refractivity contribution in [3.63, 3.8) is 0 Å². The smallest absolute Gasteiger partial charge is 0.274 e. The quantitative estimate of drug-likeness (QED) is 0.713. The van der Waals surface area contributed by atoms with Gasteiger partial charge in [-0.1, -0.05) is 28.1 Å². The third-order valence-electron chi connectivity index (χ3n) is 3.74. The number of anilines is 1. The Morgan fingerprint density at radius 2 is 1.95 bits per heavy atom. The molecule has 0 unspecified atom stereocenters. The minimum Gasteiger partial charge on any atom is -0.288 e. The molecule has 1 heterocycles. The van der Waals surface area contributed by atoms with E-state index in [0.29, 0.717) is 0 Å². The molecule has 1 amide bonds. The second kappa shape index (κ2) is 5.53. The van der Waals surface area contributed by atoms with E-state index in [1.54, 1.807) is 6.92 Å². The number of hydrogen-bond acceptors (Lipinski definition) is 5. The molecule has 1 aliphatic carbocycles. The predicted molar refractivity (Wildman–Crippen MR) is 84.2 cm³/mol. The van der Waals surface area contributed by atoms with Crippen LogP contribution in [0.25, 0.3) is 0 Å².